The van der Waals surface area contributed by atoms with Crippen molar-refractivity contribution in [1.82, 2.24) is 35.2 Å². The van der Waals surface area contributed by atoms with E-state index in [0.717, 1.165) is 31.0 Å². The van der Waals surface area contributed by atoms with Gasteiger partial charge >= 0.3 is 6.03 Å². The normalized spacial score (nSPS) is 17.3. The fourth-order valence-corrected chi connectivity index (χ4v) is 5.74. The van der Waals surface area contributed by atoms with E-state index in [4.69, 9.17) is 14.7 Å². The van der Waals surface area contributed by atoms with Gasteiger partial charge in [-0.15, -0.1) is 5.10 Å². The standard InChI is InChI=1S/C32H40N10O3/c1-3-42-30-27(38-39-42)29(41-19-20-45-21-22(41)2)36-28(37-30)23-7-11-25(12-8-23)34-32(44)35-26-13-9-24(10-14-26)31(43)33-15-18-40-16-5-4-6-17-40/h7-14,22H,3-6,15-21H2,1-2H3,(H,33,43)(H2,34,35,44)/t22-/m0/s1. The Bertz CT molecular complexity index is 1620. The van der Waals surface area contributed by atoms with Crippen LogP contribution in [0.4, 0.5) is 22.0 Å². The van der Waals surface area contributed by atoms with Crippen LogP contribution in [0.15, 0.2) is 48.5 Å². The molecule has 13 nitrogen and oxygen atoms in total. The first-order valence-corrected chi connectivity index (χ1v) is 15.7. The van der Waals surface area contributed by atoms with Gasteiger partial charge in [0.15, 0.2) is 22.8 Å². The molecule has 0 aliphatic carbocycles. The summed E-state index contributed by atoms with van der Waals surface area (Å²) in [7, 11) is 0. The lowest BCUT2D eigenvalue weighted by Gasteiger charge is -2.34. The molecule has 2 fully saturated rings. The summed E-state index contributed by atoms with van der Waals surface area (Å²) in [6.45, 7) is 10.4. The van der Waals surface area contributed by atoms with Crippen LogP contribution in [-0.2, 0) is 11.3 Å². The summed E-state index contributed by atoms with van der Waals surface area (Å²) in [6.07, 6.45) is 3.75. The Morgan fingerprint density at radius 2 is 1.64 bits per heavy atom. The number of carbonyl (C=O) groups excluding carboxylic acids is 2. The Morgan fingerprint density at radius 3 is 2.33 bits per heavy atom. The molecule has 4 heterocycles. The number of fused-ring (bicyclic) bond motifs is 1. The molecule has 2 aliphatic rings. The van der Waals surface area contributed by atoms with Crippen LogP contribution in [0, 0.1) is 0 Å². The van der Waals surface area contributed by atoms with Gasteiger partial charge in [-0.25, -0.2) is 19.4 Å². The second-order valence-electron chi connectivity index (χ2n) is 11.5. The summed E-state index contributed by atoms with van der Waals surface area (Å²) in [5, 5.41) is 17.3. The highest BCUT2D eigenvalue weighted by Gasteiger charge is 2.26. The van der Waals surface area contributed by atoms with Crippen LogP contribution in [0.25, 0.3) is 22.6 Å². The maximum Gasteiger partial charge on any atom is 0.323 e. The largest absolute Gasteiger partial charge is 0.377 e. The molecule has 45 heavy (non-hydrogen) atoms. The SMILES string of the molecule is CCn1nnc2c(N3CCOC[C@@H]3C)nc(-c3ccc(NC(=O)Nc4ccc(C(=O)NCCN5CCCCC5)cc4)cc3)nc21. The minimum Gasteiger partial charge on any atom is -0.377 e. The quantitative estimate of drug-likeness (QED) is 0.256. The number of benzene rings is 2. The Labute approximate surface area is 262 Å². The number of likely N-dealkylation sites (tertiary alicyclic amines) is 1. The zero-order valence-electron chi connectivity index (χ0n) is 25.8. The molecule has 2 aromatic heterocycles. The summed E-state index contributed by atoms with van der Waals surface area (Å²) in [4.78, 5) is 39.5. The van der Waals surface area contributed by atoms with Crippen LogP contribution in [0.2, 0.25) is 0 Å². The third kappa shape index (κ3) is 7.21. The monoisotopic (exact) mass is 612 g/mol. The Hall–Kier alpha value is -4.62. The highest BCUT2D eigenvalue weighted by Crippen LogP contribution is 2.29. The molecule has 0 saturated carbocycles. The number of hydrogen-bond acceptors (Lipinski definition) is 9. The average Bonchev–Trinajstić information content (AvgIpc) is 3.49. The van der Waals surface area contributed by atoms with E-state index in [9.17, 15) is 9.59 Å². The van der Waals surface area contributed by atoms with Crippen molar-refractivity contribution in [1.29, 1.82) is 0 Å². The number of anilines is 3. The van der Waals surface area contributed by atoms with Crippen molar-refractivity contribution < 1.29 is 14.3 Å². The highest BCUT2D eigenvalue weighted by atomic mass is 16.5. The van der Waals surface area contributed by atoms with Crippen LogP contribution >= 0.6 is 0 Å². The molecule has 3 N–H and O–H groups in total. The van der Waals surface area contributed by atoms with Crippen LogP contribution in [0.3, 0.4) is 0 Å². The summed E-state index contributed by atoms with van der Waals surface area (Å²) >= 11 is 0. The molecule has 0 bridgehead atoms. The molecule has 0 spiro atoms. The third-order valence-corrected chi connectivity index (χ3v) is 8.25. The van der Waals surface area contributed by atoms with Gasteiger partial charge in [-0.1, -0.05) is 11.6 Å². The third-order valence-electron chi connectivity index (χ3n) is 8.25. The maximum absolute atomic E-state index is 12.7. The molecule has 0 unspecified atom stereocenters. The number of aryl methyl sites for hydroxylation is 1. The fraction of sp³-hybridized carbons (Fsp3) is 0.438. The second-order valence-corrected chi connectivity index (χ2v) is 11.5. The number of urea groups is 1. The number of rotatable bonds is 9. The first kappa shape index (κ1) is 30.4. The van der Waals surface area contributed by atoms with E-state index < -0.39 is 0 Å². The van der Waals surface area contributed by atoms with E-state index in [-0.39, 0.29) is 18.0 Å². The minimum atomic E-state index is -0.388. The first-order chi connectivity index (χ1) is 22.0. The summed E-state index contributed by atoms with van der Waals surface area (Å²) in [5.41, 5.74) is 3.91. The summed E-state index contributed by atoms with van der Waals surface area (Å²) in [6, 6.07) is 14.0. The van der Waals surface area contributed by atoms with Gasteiger partial charge in [-0.05, 0) is 88.3 Å². The van der Waals surface area contributed by atoms with Crippen LogP contribution < -0.4 is 20.9 Å². The lowest BCUT2D eigenvalue weighted by molar-refractivity contribution is 0.0946. The van der Waals surface area contributed by atoms with Crippen molar-refractivity contribution in [3.05, 3.63) is 54.1 Å². The fourth-order valence-electron chi connectivity index (χ4n) is 5.74. The van der Waals surface area contributed by atoms with Crippen molar-refractivity contribution in [2.45, 2.75) is 45.7 Å². The molecular weight excluding hydrogens is 572 g/mol. The number of amides is 3. The number of morpholine rings is 1. The highest BCUT2D eigenvalue weighted by molar-refractivity contribution is 6.00. The van der Waals surface area contributed by atoms with E-state index in [0.29, 0.717) is 66.8 Å². The number of hydrogen-bond donors (Lipinski definition) is 3. The molecule has 2 aromatic carbocycles. The van der Waals surface area contributed by atoms with E-state index in [2.05, 4.69) is 43.0 Å². The maximum atomic E-state index is 12.7. The zero-order chi connectivity index (χ0) is 31.2. The Balaban J connectivity index is 1.07. The number of piperidine rings is 1. The van der Waals surface area contributed by atoms with Gasteiger partial charge in [0.2, 0.25) is 0 Å². The van der Waals surface area contributed by atoms with Gasteiger partial charge in [-0.2, -0.15) is 0 Å². The van der Waals surface area contributed by atoms with Crippen molar-refractivity contribution in [3.8, 4) is 11.4 Å². The van der Waals surface area contributed by atoms with E-state index >= 15 is 0 Å². The molecule has 4 aromatic rings. The lowest BCUT2D eigenvalue weighted by atomic mass is 10.1. The van der Waals surface area contributed by atoms with Gasteiger partial charge in [-0.3, -0.25) is 4.79 Å². The minimum absolute atomic E-state index is 0.117. The predicted octanol–water partition coefficient (Wildman–Crippen LogP) is 3.99. The van der Waals surface area contributed by atoms with Gasteiger partial charge in [0.05, 0.1) is 19.3 Å². The van der Waals surface area contributed by atoms with Gasteiger partial charge in [0.1, 0.15) is 0 Å². The first-order valence-electron chi connectivity index (χ1n) is 15.7. The van der Waals surface area contributed by atoms with Crippen LogP contribution in [0.5, 0.6) is 0 Å². The molecule has 6 rings (SSSR count). The topological polar surface area (TPSA) is 142 Å². The van der Waals surface area contributed by atoms with Crippen molar-refractivity contribution in [2.24, 2.45) is 0 Å². The van der Waals surface area contributed by atoms with Crippen LogP contribution in [-0.4, -0.2) is 93.8 Å². The number of aromatic nitrogens is 5. The molecular formula is C32H40N10O3. The van der Waals surface area contributed by atoms with Gasteiger partial charge < -0.3 is 30.5 Å². The Morgan fingerprint density at radius 1 is 0.933 bits per heavy atom. The number of ether oxygens (including phenoxy) is 1. The van der Waals surface area contributed by atoms with Crippen molar-refractivity contribution in [2.75, 3.05) is 61.5 Å². The molecule has 2 saturated heterocycles. The summed E-state index contributed by atoms with van der Waals surface area (Å²) in [5.74, 6) is 1.18. The average molecular weight is 613 g/mol. The number of nitrogens with one attached hydrogen (secondary N) is 3. The predicted molar refractivity (Wildman–Crippen MR) is 174 cm³/mol. The van der Waals surface area contributed by atoms with E-state index in [1.807, 2.05) is 31.2 Å². The van der Waals surface area contributed by atoms with Crippen molar-refractivity contribution in [3.63, 3.8) is 0 Å². The second kappa shape index (κ2) is 14.0. The summed E-state index contributed by atoms with van der Waals surface area (Å²) < 4.78 is 7.40. The van der Waals surface area contributed by atoms with E-state index in [1.54, 1.807) is 28.9 Å². The van der Waals surface area contributed by atoms with Crippen molar-refractivity contribution >= 4 is 40.3 Å². The van der Waals surface area contributed by atoms with E-state index in [1.165, 1.54) is 19.3 Å². The molecule has 1 atom stereocenters. The Kier molecular flexibility index (Phi) is 9.46. The molecule has 3 amide bonds. The van der Waals surface area contributed by atoms with Gasteiger partial charge in [0.25, 0.3) is 5.91 Å². The zero-order valence-corrected chi connectivity index (χ0v) is 25.8. The molecule has 2 aliphatic heterocycles. The number of nitrogens with zero attached hydrogens (tertiary/aromatic N) is 7. The molecule has 236 valence electrons. The number of carbonyl (C=O) groups is 2. The molecule has 0 radical (unpaired) electrons. The smallest absolute Gasteiger partial charge is 0.323 e. The molecule has 13 heteroatoms. The lowest BCUT2D eigenvalue weighted by Crippen LogP contribution is -2.44. The van der Waals surface area contributed by atoms with Gasteiger partial charge in [0, 0.05) is 48.7 Å². The van der Waals surface area contributed by atoms with Crippen LogP contribution in [0.1, 0.15) is 43.5 Å².